The van der Waals surface area contributed by atoms with Crippen LogP contribution in [0.1, 0.15) is 82.5 Å². The van der Waals surface area contributed by atoms with Crippen LogP contribution in [0.4, 0.5) is 5.69 Å². The van der Waals surface area contributed by atoms with Gasteiger partial charge in [-0.05, 0) is 89.2 Å². The molecule has 2 aliphatic heterocycles. The normalized spacial score (nSPS) is 26.8. The van der Waals surface area contributed by atoms with Crippen LogP contribution in [0.3, 0.4) is 0 Å². The van der Waals surface area contributed by atoms with Gasteiger partial charge in [0.05, 0.1) is 23.8 Å². The summed E-state index contributed by atoms with van der Waals surface area (Å²) in [6, 6.07) is 6.74. The number of amides is 1. The Morgan fingerprint density at radius 1 is 0.943 bits per heavy atom. The number of anilines is 1. The highest BCUT2D eigenvalue weighted by Gasteiger charge is 2.40. The molecular formula is C28H43N3O4. The first-order valence-electron chi connectivity index (χ1n) is 13.5. The van der Waals surface area contributed by atoms with Crippen LogP contribution in [0.5, 0.6) is 0 Å². The van der Waals surface area contributed by atoms with Crippen LogP contribution in [0.2, 0.25) is 0 Å². The van der Waals surface area contributed by atoms with Crippen LogP contribution in [-0.2, 0) is 14.3 Å². The molecule has 7 heteroatoms. The Kier molecular flexibility index (Phi) is 8.84. The van der Waals surface area contributed by atoms with Gasteiger partial charge in [-0.15, -0.1) is 0 Å². The molecule has 0 bridgehead atoms. The van der Waals surface area contributed by atoms with Crippen LogP contribution < -0.4 is 16.0 Å². The highest BCUT2D eigenvalue weighted by Crippen LogP contribution is 2.37. The minimum Gasteiger partial charge on any atom is -0.456 e. The first-order chi connectivity index (χ1) is 16.8. The summed E-state index contributed by atoms with van der Waals surface area (Å²) in [6.07, 6.45) is 9.75. The quantitative estimate of drug-likeness (QED) is 0.522. The molecule has 7 nitrogen and oxygen atoms in total. The molecule has 1 aliphatic carbocycles. The highest BCUT2D eigenvalue weighted by atomic mass is 16.6. The first kappa shape index (κ1) is 26.1. The van der Waals surface area contributed by atoms with E-state index in [0.717, 1.165) is 32.4 Å². The molecule has 1 saturated carbocycles. The summed E-state index contributed by atoms with van der Waals surface area (Å²) < 4.78 is 11.9. The predicted octanol–water partition coefficient (Wildman–Crippen LogP) is 4.28. The minimum absolute atomic E-state index is 0.00547. The van der Waals surface area contributed by atoms with E-state index in [0.29, 0.717) is 29.8 Å². The number of rotatable bonds is 6. The first-order valence-corrected chi connectivity index (χ1v) is 13.5. The van der Waals surface area contributed by atoms with Crippen LogP contribution in [0, 0.1) is 11.8 Å². The monoisotopic (exact) mass is 485 g/mol. The predicted molar refractivity (Wildman–Crippen MR) is 137 cm³/mol. The van der Waals surface area contributed by atoms with Crippen LogP contribution in [0.25, 0.3) is 0 Å². The Morgan fingerprint density at radius 3 is 2.29 bits per heavy atom. The van der Waals surface area contributed by atoms with E-state index in [4.69, 9.17) is 9.47 Å². The van der Waals surface area contributed by atoms with E-state index < -0.39 is 5.60 Å². The number of benzene rings is 1. The second-order valence-corrected chi connectivity index (χ2v) is 11.5. The van der Waals surface area contributed by atoms with Crippen molar-refractivity contribution < 1.29 is 19.1 Å². The maximum Gasteiger partial charge on any atom is 0.338 e. The lowest BCUT2D eigenvalue weighted by molar-refractivity contribution is -0.123. The summed E-state index contributed by atoms with van der Waals surface area (Å²) in [4.78, 5) is 25.7. The molecule has 0 spiro atoms. The van der Waals surface area contributed by atoms with Gasteiger partial charge in [-0.1, -0.05) is 32.1 Å². The molecule has 2 saturated heterocycles. The van der Waals surface area contributed by atoms with Crippen LogP contribution in [0.15, 0.2) is 24.3 Å². The topological polar surface area (TPSA) is 88.7 Å². The average molecular weight is 486 g/mol. The lowest BCUT2D eigenvalue weighted by Gasteiger charge is -2.42. The standard InChI is InChI=1S/C28H43N3O4/c1-28(2,3)35-27(33)20-9-11-21(12-10-20)31-26(32)25-24(19-7-5-4-6-8-19)17-23(18-30-25)34-22-13-15-29-16-14-22/h9-12,19,22-25,29-30H,4-8,13-18H2,1-3H3,(H,31,32). The second-order valence-electron chi connectivity index (χ2n) is 11.5. The molecule has 4 rings (SSSR count). The van der Waals surface area contributed by atoms with Crippen molar-refractivity contribution in [3.63, 3.8) is 0 Å². The molecule has 3 atom stereocenters. The van der Waals surface area contributed by atoms with Crippen molar-refractivity contribution in [2.24, 2.45) is 11.8 Å². The molecule has 1 amide bonds. The number of hydrogen-bond donors (Lipinski definition) is 3. The lowest BCUT2D eigenvalue weighted by atomic mass is 9.72. The Labute approximate surface area is 210 Å². The van der Waals surface area contributed by atoms with E-state index in [1.54, 1.807) is 24.3 Å². The highest BCUT2D eigenvalue weighted by molar-refractivity contribution is 5.96. The van der Waals surface area contributed by atoms with Crippen molar-refractivity contribution in [1.29, 1.82) is 0 Å². The SMILES string of the molecule is CC(C)(C)OC(=O)c1ccc(NC(=O)C2NCC(OC3CCNCC3)CC2C2CCCCC2)cc1. The smallest absolute Gasteiger partial charge is 0.338 e. The maximum atomic E-state index is 13.4. The molecule has 0 aromatic heterocycles. The van der Waals surface area contributed by atoms with E-state index >= 15 is 0 Å². The molecule has 1 aromatic carbocycles. The number of esters is 1. The minimum atomic E-state index is -0.541. The number of carbonyl (C=O) groups is 2. The van der Waals surface area contributed by atoms with Crippen LogP contribution in [-0.4, -0.2) is 55.4 Å². The van der Waals surface area contributed by atoms with Crippen molar-refractivity contribution in [3.05, 3.63) is 29.8 Å². The largest absolute Gasteiger partial charge is 0.456 e. The van der Waals surface area contributed by atoms with E-state index in [-0.39, 0.29) is 29.9 Å². The fourth-order valence-corrected chi connectivity index (χ4v) is 5.80. The number of ether oxygens (including phenoxy) is 2. The van der Waals surface area contributed by atoms with Gasteiger partial charge in [-0.25, -0.2) is 4.79 Å². The Hall–Kier alpha value is -1.96. The summed E-state index contributed by atoms with van der Waals surface area (Å²) in [5.74, 6) is 0.477. The molecule has 1 aromatic rings. The fourth-order valence-electron chi connectivity index (χ4n) is 5.80. The summed E-state index contributed by atoms with van der Waals surface area (Å²) in [6.45, 7) is 8.30. The zero-order valence-electron chi connectivity index (χ0n) is 21.6. The van der Waals surface area contributed by atoms with Gasteiger partial charge in [0.25, 0.3) is 0 Å². The zero-order chi connectivity index (χ0) is 24.8. The summed E-state index contributed by atoms with van der Waals surface area (Å²) in [5, 5.41) is 10.0. The van der Waals surface area contributed by atoms with Crippen molar-refractivity contribution in [2.45, 2.75) is 96.0 Å². The molecule has 3 aliphatic rings. The lowest BCUT2D eigenvalue weighted by Crippen LogP contribution is -2.56. The average Bonchev–Trinajstić information content (AvgIpc) is 2.84. The molecular weight excluding hydrogens is 442 g/mol. The molecule has 3 unspecified atom stereocenters. The zero-order valence-corrected chi connectivity index (χ0v) is 21.6. The van der Waals surface area contributed by atoms with Crippen molar-refractivity contribution in [3.8, 4) is 0 Å². The maximum absolute atomic E-state index is 13.4. The van der Waals surface area contributed by atoms with Gasteiger partial charge < -0.3 is 25.4 Å². The van der Waals surface area contributed by atoms with E-state index in [9.17, 15) is 9.59 Å². The molecule has 2 heterocycles. The summed E-state index contributed by atoms with van der Waals surface area (Å²) >= 11 is 0. The number of piperidine rings is 2. The third kappa shape index (κ3) is 7.51. The van der Waals surface area contributed by atoms with Gasteiger partial charge in [0.2, 0.25) is 5.91 Å². The number of hydrogen-bond acceptors (Lipinski definition) is 6. The van der Waals surface area contributed by atoms with Crippen molar-refractivity contribution >= 4 is 17.6 Å². The Bertz CT molecular complexity index is 839. The number of carbonyl (C=O) groups excluding carboxylic acids is 2. The summed E-state index contributed by atoms with van der Waals surface area (Å²) in [7, 11) is 0. The van der Waals surface area contributed by atoms with Crippen LogP contribution >= 0.6 is 0 Å². The van der Waals surface area contributed by atoms with Gasteiger partial charge in [0.1, 0.15) is 5.60 Å². The Balaban J connectivity index is 1.39. The molecule has 0 radical (unpaired) electrons. The van der Waals surface area contributed by atoms with E-state index in [1.165, 1.54) is 32.1 Å². The number of nitrogens with one attached hydrogen (secondary N) is 3. The second kappa shape index (κ2) is 11.8. The molecule has 194 valence electrons. The molecule has 3 N–H and O–H groups in total. The van der Waals surface area contributed by atoms with Crippen molar-refractivity contribution in [2.75, 3.05) is 25.0 Å². The fraction of sp³-hybridized carbons (Fsp3) is 0.714. The molecule has 3 fully saturated rings. The van der Waals surface area contributed by atoms with Crippen molar-refractivity contribution in [1.82, 2.24) is 10.6 Å². The van der Waals surface area contributed by atoms with Gasteiger partial charge in [0, 0.05) is 12.2 Å². The van der Waals surface area contributed by atoms with Gasteiger partial charge in [-0.3, -0.25) is 4.79 Å². The van der Waals surface area contributed by atoms with Gasteiger partial charge >= 0.3 is 5.97 Å². The summed E-state index contributed by atoms with van der Waals surface area (Å²) in [5.41, 5.74) is 0.631. The van der Waals surface area contributed by atoms with E-state index in [2.05, 4.69) is 16.0 Å². The van der Waals surface area contributed by atoms with Gasteiger partial charge in [-0.2, -0.15) is 0 Å². The third-order valence-corrected chi connectivity index (χ3v) is 7.52. The Morgan fingerprint density at radius 2 is 1.63 bits per heavy atom. The van der Waals surface area contributed by atoms with E-state index in [1.807, 2.05) is 20.8 Å². The van der Waals surface area contributed by atoms with Gasteiger partial charge in [0.15, 0.2) is 0 Å². The third-order valence-electron chi connectivity index (χ3n) is 7.52. The molecule has 35 heavy (non-hydrogen) atoms.